The number of fused-ring (bicyclic) bond motifs is 1. The highest BCUT2D eigenvalue weighted by Crippen LogP contribution is 2.27. The third-order valence-electron chi connectivity index (χ3n) is 2.75. The smallest absolute Gasteiger partial charge is 0.143 e. The Labute approximate surface area is 102 Å². The molecule has 0 unspecified atom stereocenters. The molecule has 92 valence electrons. The average Bonchev–Trinajstić information content (AvgIpc) is 2.71. The van der Waals surface area contributed by atoms with Crippen LogP contribution in [0.15, 0.2) is 24.4 Å². The Bertz CT molecular complexity index is 488. The first-order valence-electron chi connectivity index (χ1n) is 6.14. The minimum atomic E-state index is 0.531. The number of nitrogens with one attached hydrogen (secondary N) is 1. The number of benzene rings is 1. The van der Waals surface area contributed by atoms with Crippen LogP contribution in [0.3, 0.4) is 0 Å². The molecule has 0 aliphatic rings. The van der Waals surface area contributed by atoms with Crippen LogP contribution in [0.2, 0.25) is 0 Å². The van der Waals surface area contributed by atoms with Gasteiger partial charge >= 0.3 is 0 Å². The summed E-state index contributed by atoms with van der Waals surface area (Å²) in [6.45, 7) is 5.71. The van der Waals surface area contributed by atoms with Gasteiger partial charge in [0.2, 0.25) is 0 Å². The number of para-hydroxylation sites is 1. The summed E-state index contributed by atoms with van der Waals surface area (Å²) >= 11 is 0. The van der Waals surface area contributed by atoms with Gasteiger partial charge in [-0.2, -0.15) is 0 Å². The zero-order chi connectivity index (χ0) is 12.3. The minimum absolute atomic E-state index is 0.531. The molecule has 0 spiro atoms. The van der Waals surface area contributed by atoms with Gasteiger partial charge in [0, 0.05) is 11.6 Å². The lowest BCUT2D eigenvalue weighted by molar-refractivity contribution is 0.273. The molecule has 0 saturated heterocycles. The Balaban J connectivity index is 2.31. The highest BCUT2D eigenvalue weighted by Gasteiger charge is 2.08. The van der Waals surface area contributed by atoms with Gasteiger partial charge in [-0.25, -0.2) is 0 Å². The van der Waals surface area contributed by atoms with Crippen molar-refractivity contribution in [3.05, 3.63) is 30.0 Å². The van der Waals surface area contributed by atoms with E-state index in [-0.39, 0.29) is 0 Å². The van der Waals surface area contributed by atoms with Crippen molar-refractivity contribution in [1.82, 2.24) is 4.98 Å². The van der Waals surface area contributed by atoms with Crippen LogP contribution in [0.1, 0.15) is 19.4 Å². The second-order valence-corrected chi connectivity index (χ2v) is 4.74. The summed E-state index contributed by atoms with van der Waals surface area (Å²) in [5, 5.41) is 1.22. The average molecular weight is 232 g/mol. The molecule has 3 N–H and O–H groups in total. The minimum Gasteiger partial charge on any atom is -0.491 e. The molecule has 2 rings (SSSR count). The summed E-state index contributed by atoms with van der Waals surface area (Å²) in [5.41, 5.74) is 7.94. The van der Waals surface area contributed by atoms with Crippen LogP contribution in [0, 0.1) is 5.92 Å². The van der Waals surface area contributed by atoms with Crippen molar-refractivity contribution >= 4 is 10.9 Å². The maximum atomic E-state index is 5.81. The molecule has 17 heavy (non-hydrogen) atoms. The Morgan fingerprint density at radius 2 is 2.18 bits per heavy atom. The molecule has 0 amide bonds. The number of H-pyrrole nitrogens is 1. The van der Waals surface area contributed by atoms with Crippen molar-refractivity contribution in [3.63, 3.8) is 0 Å². The molecule has 2 aromatic rings. The van der Waals surface area contributed by atoms with E-state index in [1.165, 1.54) is 10.9 Å². The van der Waals surface area contributed by atoms with Crippen LogP contribution >= 0.6 is 0 Å². The van der Waals surface area contributed by atoms with E-state index in [0.29, 0.717) is 12.5 Å². The molecule has 1 aromatic heterocycles. The van der Waals surface area contributed by atoms with Crippen LogP contribution in [0.4, 0.5) is 0 Å². The lowest BCUT2D eigenvalue weighted by Gasteiger charge is -2.09. The fraction of sp³-hybridized carbons (Fsp3) is 0.429. The highest BCUT2D eigenvalue weighted by molar-refractivity contribution is 5.88. The Kier molecular flexibility index (Phi) is 3.69. The number of aromatic nitrogens is 1. The summed E-state index contributed by atoms with van der Waals surface area (Å²) in [6.07, 6.45) is 2.92. The van der Waals surface area contributed by atoms with E-state index in [4.69, 9.17) is 10.5 Å². The Hall–Kier alpha value is -1.48. The first-order chi connectivity index (χ1) is 8.22. The second kappa shape index (κ2) is 5.23. The van der Waals surface area contributed by atoms with E-state index in [2.05, 4.69) is 24.9 Å². The lowest BCUT2D eigenvalue weighted by atomic mass is 10.1. The summed E-state index contributed by atoms with van der Waals surface area (Å²) < 4.78 is 5.81. The second-order valence-electron chi connectivity index (χ2n) is 4.74. The zero-order valence-corrected chi connectivity index (χ0v) is 10.5. The predicted molar refractivity (Wildman–Crippen MR) is 71.4 cm³/mol. The number of hydrogen-bond acceptors (Lipinski definition) is 2. The lowest BCUT2D eigenvalue weighted by Crippen LogP contribution is -2.04. The van der Waals surface area contributed by atoms with E-state index in [1.54, 1.807) is 0 Å². The van der Waals surface area contributed by atoms with Gasteiger partial charge < -0.3 is 15.5 Å². The molecule has 0 saturated carbocycles. The third-order valence-corrected chi connectivity index (χ3v) is 2.75. The van der Waals surface area contributed by atoms with Gasteiger partial charge in [-0.05, 0) is 30.5 Å². The molecular weight excluding hydrogens is 212 g/mol. The molecule has 1 aromatic carbocycles. The van der Waals surface area contributed by atoms with Crippen LogP contribution < -0.4 is 10.5 Å². The van der Waals surface area contributed by atoms with E-state index in [0.717, 1.165) is 24.3 Å². The molecular formula is C14H20N2O. The molecule has 0 atom stereocenters. The number of rotatable bonds is 5. The standard InChI is InChI=1S/C14H20N2O/c1-10(2)9-17-13-5-3-4-12-11(6-7-15)8-16-14(12)13/h3-5,8,10,16H,6-7,9,15H2,1-2H3. The van der Waals surface area contributed by atoms with Crippen molar-refractivity contribution in [2.24, 2.45) is 11.7 Å². The van der Waals surface area contributed by atoms with Crippen molar-refractivity contribution < 1.29 is 4.74 Å². The molecule has 3 heteroatoms. The van der Waals surface area contributed by atoms with Crippen LogP contribution in [-0.4, -0.2) is 18.1 Å². The molecule has 0 aliphatic heterocycles. The van der Waals surface area contributed by atoms with Crippen molar-refractivity contribution in [1.29, 1.82) is 0 Å². The summed E-state index contributed by atoms with van der Waals surface area (Å²) in [6, 6.07) is 6.15. The van der Waals surface area contributed by atoms with Crippen molar-refractivity contribution in [2.75, 3.05) is 13.2 Å². The van der Waals surface area contributed by atoms with Gasteiger partial charge in [-0.3, -0.25) is 0 Å². The molecule has 0 aliphatic carbocycles. The van der Waals surface area contributed by atoms with E-state index in [9.17, 15) is 0 Å². The van der Waals surface area contributed by atoms with E-state index < -0.39 is 0 Å². The van der Waals surface area contributed by atoms with Crippen LogP contribution in [0.5, 0.6) is 5.75 Å². The molecule has 0 radical (unpaired) electrons. The fourth-order valence-corrected chi connectivity index (χ4v) is 1.92. The Morgan fingerprint density at radius 3 is 2.88 bits per heavy atom. The predicted octanol–water partition coefficient (Wildman–Crippen LogP) is 2.70. The van der Waals surface area contributed by atoms with Crippen molar-refractivity contribution in [2.45, 2.75) is 20.3 Å². The fourth-order valence-electron chi connectivity index (χ4n) is 1.92. The first-order valence-corrected chi connectivity index (χ1v) is 6.14. The van der Waals surface area contributed by atoms with E-state index in [1.807, 2.05) is 18.3 Å². The SMILES string of the molecule is CC(C)COc1cccc2c(CCN)c[nH]c12. The number of hydrogen-bond donors (Lipinski definition) is 2. The van der Waals surface area contributed by atoms with Gasteiger partial charge in [-0.15, -0.1) is 0 Å². The highest BCUT2D eigenvalue weighted by atomic mass is 16.5. The normalized spacial score (nSPS) is 11.3. The van der Waals surface area contributed by atoms with Gasteiger partial charge in [0.25, 0.3) is 0 Å². The van der Waals surface area contributed by atoms with Gasteiger partial charge in [-0.1, -0.05) is 26.0 Å². The van der Waals surface area contributed by atoms with Gasteiger partial charge in [0.1, 0.15) is 5.75 Å². The molecule has 3 nitrogen and oxygen atoms in total. The zero-order valence-electron chi connectivity index (χ0n) is 10.5. The topological polar surface area (TPSA) is 51.0 Å². The monoisotopic (exact) mass is 232 g/mol. The maximum Gasteiger partial charge on any atom is 0.143 e. The van der Waals surface area contributed by atoms with Crippen LogP contribution in [-0.2, 0) is 6.42 Å². The largest absolute Gasteiger partial charge is 0.491 e. The summed E-state index contributed by atoms with van der Waals surface area (Å²) in [5.74, 6) is 1.46. The van der Waals surface area contributed by atoms with E-state index >= 15 is 0 Å². The Morgan fingerprint density at radius 1 is 1.35 bits per heavy atom. The van der Waals surface area contributed by atoms with Gasteiger partial charge in [0.05, 0.1) is 12.1 Å². The molecule has 0 fully saturated rings. The van der Waals surface area contributed by atoms with Crippen molar-refractivity contribution in [3.8, 4) is 5.75 Å². The summed E-state index contributed by atoms with van der Waals surface area (Å²) in [4.78, 5) is 3.28. The van der Waals surface area contributed by atoms with Gasteiger partial charge in [0.15, 0.2) is 0 Å². The van der Waals surface area contributed by atoms with Crippen LogP contribution in [0.25, 0.3) is 10.9 Å². The maximum absolute atomic E-state index is 5.81. The molecule has 0 bridgehead atoms. The first kappa shape index (κ1) is 12.0. The number of nitrogens with two attached hydrogens (primary N) is 1. The number of aromatic amines is 1. The summed E-state index contributed by atoms with van der Waals surface area (Å²) in [7, 11) is 0. The number of ether oxygens (including phenoxy) is 1. The third kappa shape index (κ3) is 2.61. The quantitative estimate of drug-likeness (QED) is 0.832. The molecule has 1 heterocycles.